The van der Waals surface area contributed by atoms with Crippen molar-refractivity contribution in [2.24, 2.45) is 5.73 Å². The fourth-order valence-corrected chi connectivity index (χ4v) is 0.316. The minimum absolute atomic E-state index is 0. The maximum absolute atomic E-state index is 5.28. The van der Waals surface area contributed by atoms with E-state index in [1.807, 2.05) is 6.92 Å². The molecule has 0 spiro atoms. The predicted octanol–water partition coefficient (Wildman–Crippen LogP) is 0.400. The molecule has 0 fully saturated rings. The molecule has 0 aliphatic carbocycles. The third-order valence-corrected chi connectivity index (χ3v) is 0.906. The Morgan fingerprint density at radius 1 is 1.60 bits per heavy atom. The molecule has 0 aromatic carbocycles. The lowest BCUT2D eigenvalue weighted by molar-refractivity contribution is 0.598. The van der Waals surface area contributed by atoms with Crippen LogP contribution in [0.3, 0.4) is 0 Å². The first kappa shape index (κ1) is 16.6. The fraction of sp³-hybridized carbons (Fsp3) is 0.667. The van der Waals surface area contributed by atoms with Gasteiger partial charge in [0.15, 0.2) is 0 Å². The molecule has 0 bridgehead atoms. The van der Waals surface area contributed by atoms with Gasteiger partial charge in [0.1, 0.15) is 0 Å². The van der Waals surface area contributed by atoms with Crippen LogP contribution in [0.5, 0.6) is 0 Å². The van der Waals surface area contributed by atoms with Crippen molar-refractivity contribution in [1.82, 2.24) is 5.32 Å². The molecule has 0 aliphatic heterocycles. The SMILES string of the molecule is C#CCNC(C)CN.Cl.Cl. The Labute approximate surface area is 74.8 Å². The van der Waals surface area contributed by atoms with Gasteiger partial charge in [-0.15, -0.1) is 31.2 Å². The van der Waals surface area contributed by atoms with Crippen LogP contribution in [0.25, 0.3) is 0 Å². The lowest BCUT2D eigenvalue weighted by Crippen LogP contribution is -2.33. The molecule has 0 amide bonds. The molecule has 1 unspecified atom stereocenters. The molecule has 4 heteroatoms. The average Bonchev–Trinajstić information content (AvgIpc) is 1.83. The maximum atomic E-state index is 5.28. The Kier molecular flexibility index (Phi) is 19.6. The summed E-state index contributed by atoms with van der Waals surface area (Å²) in [5.41, 5.74) is 5.28. The molecule has 10 heavy (non-hydrogen) atoms. The summed E-state index contributed by atoms with van der Waals surface area (Å²) < 4.78 is 0. The molecule has 0 saturated carbocycles. The number of hydrogen-bond donors (Lipinski definition) is 2. The van der Waals surface area contributed by atoms with Crippen molar-refractivity contribution in [2.75, 3.05) is 13.1 Å². The second kappa shape index (κ2) is 11.8. The highest BCUT2D eigenvalue weighted by Gasteiger charge is 1.91. The van der Waals surface area contributed by atoms with E-state index in [4.69, 9.17) is 12.2 Å². The van der Waals surface area contributed by atoms with Gasteiger partial charge < -0.3 is 11.1 Å². The van der Waals surface area contributed by atoms with Crippen molar-refractivity contribution < 1.29 is 0 Å². The van der Waals surface area contributed by atoms with E-state index >= 15 is 0 Å². The van der Waals surface area contributed by atoms with Gasteiger partial charge in [0.25, 0.3) is 0 Å². The Balaban J connectivity index is -0.000000245. The van der Waals surface area contributed by atoms with Crippen LogP contribution >= 0.6 is 24.8 Å². The lowest BCUT2D eigenvalue weighted by atomic mass is 10.3. The third-order valence-electron chi connectivity index (χ3n) is 0.906. The van der Waals surface area contributed by atoms with E-state index in [0.29, 0.717) is 19.1 Å². The van der Waals surface area contributed by atoms with E-state index in [2.05, 4.69) is 11.2 Å². The zero-order chi connectivity index (χ0) is 6.41. The molecule has 0 rings (SSSR count). The first-order valence-corrected chi connectivity index (χ1v) is 2.68. The molecule has 0 aliphatic rings. The highest BCUT2D eigenvalue weighted by atomic mass is 35.5. The Bertz CT molecular complexity index is 90.2. The largest absolute Gasteiger partial charge is 0.329 e. The maximum Gasteiger partial charge on any atom is 0.0576 e. The standard InChI is InChI=1S/C6H12N2.2ClH/c1-3-4-8-6(2)5-7;;/h1,6,8H,4-5,7H2,2H3;2*1H. The Morgan fingerprint density at radius 3 is 2.40 bits per heavy atom. The van der Waals surface area contributed by atoms with Crippen molar-refractivity contribution in [3.63, 3.8) is 0 Å². The molecule has 0 aromatic rings. The number of rotatable bonds is 3. The van der Waals surface area contributed by atoms with E-state index in [0.717, 1.165) is 0 Å². The zero-order valence-electron chi connectivity index (χ0n) is 5.96. The van der Waals surface area contributed by atoms with Gasteiger partial charge in [-0.3, -0.25) is 0 Å². The molecular formula is C6H14Cl2N2. The highest BCUT2D eigenvalue weighted by molar-refractivity contribution is 5.85. The minimum Gasteiger partial charge on any atom is -0.329 e. The molecule has 0 saturated heterocycles. The molecule has 62 valence electrons. The van der Waals surface area contributed by atoms with Crippen molar-refractivity contribution >= 4 is 24.8 Å². The minimum atomic E-state index is 0. The summed E-state index contributed by atoms with van der Waals surface area (Å²) in [5.74, 6) is 2.47. The second-order valence-corrected chi connectivity index (χ2v) is 1.72. The molecule has 0 heterocycles. The van der Waals surface area contributed by atoms with Gasteiger partial charge in [-0.25, -0.2) is 0 Å². The molecule has 0 radical (unpaired) electrons. The molecule has 1 atom stereocenters. The summed E-state index contributed by atoms with van der Waals surface area (Å²) in [6.45, 7) is 3.25. The summed E-state index contributed by atoms with van der Waals surface area (Å²) in [7, 11) is 0. The first-order chi connectivity index (χ1) is 3.81. The fourth-order valence-electron chi connectivity index (χ4n) is 0.316. The molecule has 0 aromatic heterocycles. The highest BCUT2D eigenvalue weighted by Crippen LogP contribution is 1.71. The summed E-state index contributed by atoms with van der Waals surface area (Å²) in [4.78, 5) is 0. The van der Waals surface area contributed by atoms with Crippen LogP contribution in [0.2, 0.25) is 0 Å². The quantitative estimate of drug-likeness (QED) is 0.624. The van der Waals surface area contributed by atoms with Crippen LogP contribution in [0, 0.1) is 12.3 Å². The van der Waals surface area contributed by atoms with Crippen LogP contribution in [0.1, 0.15) is 6.92 Å². The van der Waals surface area contributed by atoms with Gasteiger partial charge in [-0.2, -0.15) is 0 Å². The molecule has 3 N–H and O–H groups in total. The third kappa shape index (κ3) is 10.9. The van der Waals surface area contributed by atoms with Crippen molar-refractivity contribution in [3.8, 4) is 12.3 Å². The van der Waals surface area contributed by atoms with E-state index in [1.54, 1.807) is 0 Å². The van der Waals surface area contributed by atoms with Crippen molar-refractivity contribution in [3.05, 3.63) is 0 Å². The number of hydrogen-bond acceptors (Lipinski definition) is 2. The number of nitrogens with two attached hydrogens (primary N) is 1. The van der Waals surface area contributed by atoms with E-state index in [-0.39, 0.29) is 24.8 Å². The van der Waals surface area contributed by atoms with Crippen molar-refractivity contribution in [1.29, 1.82) is 0 Å². The number of terminal acetylenes is 1. The van der Waals surface area contributed by atoms with Gasteiger partial charge in [-0.1, -0.05) is 5.92 Å². The van der Waals surface area contributed by atoms with E-state index in [1.165, 1.54) is 0 Å². The summed E-state index contributed by atoms with van der Waals surface area (Å²) in [5, 5.41) is 3.02. The normalized spacial score (nSPS) is 10.1. The number of nitrogens with one attached hydrogen (secondary N) is 1. The van der Waals surface area contributed by atoms with Gasteiger partial charge in [-0.05, 0) is 6.92 Å². The van der Waals surface area contributed by atoms with Gasteiger partial charge in [0.05, 0.1) is 6.54 Å². The van der Waals surface area contributed by atoms with Crippen LogP contribution in [-0.2, 0) is 0 Å². The summed E-state index contributed by atoms with van der Waals surface area (Å²) in [6, 6.07) is 0.339. The summed E-state index contributed by atoms with van der Waals surface area (Å²) in [6.07, 6.45) is 4.98. The van der Waals surface area contributed by atoms with E-state index in [9.17, 15) is 0 Å². The zero-order valence-corrected chi connectivity index (χ0v) is 7.60. The van der Waals surface area contributed by atoms with Gasteiger partial charge in [0.2, 0.25) is 0 Å². The topological polar surface area (TPSA) is 38.0 Å². The first-order valence-electron chi connectivity index (χ1n) is 2.68. The van der Waals surface area contributed by atoms with Crippen LogP contribution in [0.4, 0.5) is 0 Å². The van der Waals surface area contributed by atoms with Crippen LogP contribution in [-0.4, -0.2) is 19.1 Å². The molecular weight excluding hydrogens is 171 g/mol. The van der Waals surface area contributed by atoms with Crippen molar-refractivity contribution in [2.45, 2.75) is 13.0 Å². The molecule has 2 nitrogen and oxygen atoms in total. The monoisotopic (exact) mass is 184 g/mol. The lowest BCUT2D eigenvalue weighted by Gasteiger charge is -2.05. The number of halogens is 2. The predicted molar refractivity (Wildman–Crippen MR) is 49.8 cm³/mol. The Hall–Kier alpha value is 0.0600. The van der Waals surface area contributed by atoms with E-state index < -0.39 is 0 Å². The van der Waals surface area contributed by atoms with Crippen LogP contribution < -0.4 is 11.1 Å². The van der Waals surface area contributed by atoms with Crippen LogP contribution in [0.15, 0.2) is 0 Å². The average molecular weight is 185 g/mol. The smallest absolute Gasteiger partial charge is 0.0576 e. The van der Waals surface area contributed by atoms with Gasteiger partial charge >= 0.3 is 0 Å². The summed E-state index contributed by atoms with van der Waals surface area (Å²) >= 11 is 0. The Morgan fingerprint density at radius 2 is 2.10 bits per heavy atom. The second-order valence-electron chi connectivity index (χ2n) is 1.72. The van der Waals surface area contributed by atoms with Gasteiger partial charge in [0, 0.05) is 12.6 Å².